The van der Waals surface area contributed by atoms with E-state index < -0.39 is 0 Å². The van der Waals surface area contributed by atoms with Gasteiger partial charge in [0.1, 0.15) is 5.82 Å². The summed E-state index contributed by atoms with van der Waals surface area (Å²) in [5.41, 5.74) is 2.78. The summed E-state index contributed by atoms with van der Waals surface area (Å²) in [5.74, 6) is -0.343. The molecule has 2 aromatic rings. The lowest BCUT2D eigenvalue weighted by Gasteiger charge is -2.28. The molecule has 1 fully saturated rings. The monoisotopic (exact) mass is 421 g/mol. The van der Waals surface area contributed by atoms with Crippen LogP contribution < -0.4 is 15.5 Å². The summed E-state index contributed by atoms with van der Waals surface area (Å²) < 4.78 is 14.5. The van der Waals surface area contributed by atoms with E-state index in [0.29, 0.717) is 21.8 Å². The van der Waals surface area contributed by atoms with Gasteiger partial charge in [-0.05, 0) is 67.4 Å². The van der Waals surface area contributed by atoms with E-state index in [1.54, 1.807) is 12.1 Å². The molecule has 0 radical (unpaired) electrons. The molecular formula is C19H21BrFN3S. The van der Waals surface area contributed by atoms with Crippen LogP contribution in [0.5, 0.6) is 0 Å². The molecule has 0 bridgehead atoms. The summed E-state index contributed by atoms with van der Waals surface area (Å²) in [6.45, 7) is 2.89. The fourth-order valence-corrected chi connectivity index (χ4v) is 3.43. The summed E-state index contributed by atoms with van der Waals surface area (Å²) in [7, 11) is 0. The second-order valence-electron chi connectivity index (χ2n) is 6.15. The van der Waals surface area contributed by atoms with E-state index in [1.807, 2.05) is 0 Å². The third kappa shape index (κ3) is 5.16. The highest BCUT2D eigenvalue weighted by Crippen LogP contribution is 2.21. The molecule has 2 N–H and O–H groups in total. The molecule has 0 unspecified atom stereocenters. The summed E-state index contributed by atoms with van der Waals surface area (Å²) in [5, 5.41) is 6.41. The maximum absolute atomic E-state index is 13.8. The van der Waals surface area contributed by atoms with E-state index >= 15 is 0 Å². The van der Waals surface area contributed by atoms with Crippen molar-refractivity contribution in [2.75, 3.05) is 23.3 Å². The summed E-state index contributed by atoms with van der Waals surface area (Å²) in [4.78, 5) is 2.43. The number of hydrogen-bond donors (Lipinski definition) is 2. The minimum Gasteiger partial charge on any atom is -0.372 e. The lowest BCUT2D eigenvalue weighted by atomic mass is 10.1. The highest BCUT2D eigenvalue weighted by atomic mass is 79.9. The third-order valence-electron chi connectivity index (χ3n) is 4.29. The Morgan fingerprint density at radius 2 is 1.80 bits per heavy atom. The van der Waals surface area contributed by atoms with Crippen LogP contribution in [0.4, 0.5) is 15.8 Å². The van der Waals surface area contributed by atoms with Gasteiger partial charge in [-0.25, -0.2) is 4.39 Å². The minimum atomic E-state index is -0.343. The van der Waals surface area contributed by atoms with Crippen LogP contribution in [0, 0.1) is 5.82 Å². The number of benzene rings is 2. The first kappa shape index (κ1) is 18.1. The Morgan fingerprint density at radius 1 is 1.08 bits per heavy atom. The van der Waals surface area contributed by atoms with Gasteiger partial charge in [0, 0.05) is 29.8 Å². The predicted molar refractivity (Wildman–Crippen MR) is 110 cm³/mol. The molecule has 3 rings (SSSR count). The quantitative estimate of drug-likeness (QED) is 0.674. The van der Waals surface area contributed by atoms with Crippen molar-refractivity contribution in [2.24, 2.45) is 0 Å². The van der Waals surface area contributed by atoms with Crippen molar-refractivity contribution in [3.63, 3.8) is 0 Å². The van der Waals surface area contributed by atoms with Crippen LogP contribution in [0.1, 0.15) is 24.8 Å². The Hall–Kier alpha value is -1.66. The molecule has 0 spiro atoms. The van der Waals surface area contributed by atoms with Gasteiger partial charge >= 0.3 is 0 Å². The molecule has 132 valence electrons. The molecule has 1 aliphatic rings. The van der Waals surface area contributed by atoms with Gasteiger partial charge in [0.05, 0.1) is 5.69 Å². The zero-order chi connectivity index (χ0) is 17.6. The van der Waals surface area contributed by atoms with Gasteiger partial charge in [-0.15, -0.1) is 0 Å². The largest absolute Gasteiger partial charge is 0.372 e. The van der Waals surface area contributed by atoms with E-state index in [1.165, 1.54) is 31.0 Å². The Morgan fingerprint density at radius 3 is 2.48 bits per heavy atom. The lowest BCUT2D eigenvalue weighted by molar-refractivity contribution is 0.578. The highest BCUT2D eigenvalue weighted by Gasteiger charge is 2.10. The molecule has 0 atom stereocenters. The van der Waals surface area contributed by atoms with Crippen molar-refractivity contribution >= 4 is 44.6 Å². The van der Waals surface area contributed by atoms with E-state index in [4.69, 9.17) is 12.2 Å². The SMILES string of the molecule is Fc1cc(Br)ccc1NC(=S)NCc1ccc(N2CCCCC2)cc1. The van der Waals surface area contributed by atoms with Gasteiger partial charge in [-0.3, -0.25) is 0 Å². The molecule has 6 heteroatoms. The normalized spacial score (nSPS) is 14.2. The number of rotatable bonds is 4. The maximum Gasteiger partial charge on any atom is 0.171 e. The van der Waals surface area contributed by atoms with Gasteiger partial charge in [-0.1, -0.05) is 28.1 Å². The molecule has 0 saturated carbocycles. The van der Waals surface area contributed by atoms with Crippen LogP contribution in [-0.2, 0) is 6.54 Å². The molecule has 0 amide bonds. The number of halogens is 2. The first-order valence-corrected chi connectivity index (χ1v) is 9.66. The first-order valence-electron chi connectivity index (χ1n) is 8.45. The van der Waals surface area contributed by atoms with Gasteiger partial charge in [-0.2, -0.15) is 0 Å². The number of anilines is 2. The Balaban J connectivity index is 1.51. The molecule has 1 saturated heterocycles. The van der Waals surface area contributed by atoms with Gasteiger partial charge < -0.3 is 15.5 Å². The molecule has 1 heterocycles. The van der Waals surface area contributed by atoms with Crippen LogP contribution in [0.25, 0.3) is 0 Å². The molecular weight excluding hydrogens is 401 g/mol. The van der Waals surface area contributed by atoms with Crippen molar-refractivity contribution in [3.8, 4) is 0 Å². The summed E-state index contributed by atoms with van der Waals surface area (Å²) in [6.07, 6.45) is 3.88. The zero-order valence-corrected chi connectivity index (χ0v) is 16.3. The van der Waals surface area contributed by atoms with Crippen LogP contribution in [0.3, 0.4) is 0 Å². The number of nitrogens with one attached hydrogen (secondary N) is 2. The predicted octanol–water partition coefficient (Wildman–Crippen LogP) is 5.07. The minimum absolute atomic E-state index is 0.343. The number of hydrogen-bond acceptors (Lipinski definition) is 2. The Kier molecular flexibility index (Phi) is 6.26. The number of nitrogens with zero attached hydrogens (tertiary/aromatic N) is 1. The van der Waals surface area contributed by atoms with Crippen molar-refractivity contribution in [3.05, 3.63) is 58.3 Å². The van der Waals surface area contributed by atoms with Crippen LogP contribution in [0.15, 0.2) is 46.9 Å². The second kappa shape index (κ2) is 8.63. The topological polar surface area (TPSA) is 27.3 Å². The molecule has 1 aliphatic heterocycles. The second-order valence-corrected chi connectivity index (χ2v) is 7.47. The van der Waals surface area contributed by atoms with Crippen LogP contribution in [0.2, 0.25) is 0 Å². The summed E-state index contributed by atoms with van der Waals surface area (Å²) >= 11 is 8.49. The first-order chi connectivity index (χ1) is 12.1. The average Bonchev–Trinajstić information content (AvgIpc) is 2.63. The third-order valence-corrected chi connectivity index (χ3v) is 5.03. The number of piperidine rings is 1. The van der Waals surface area contributed by atoms with E-state index in [2.05, 4.69) is 55.7 Å². The number of thiocarbonyl (C=S) groups is 1. The molecule has 0 aliphatic carbocycles. The lowest BCUT2D eigenvalue weighted by Crippen LogP contribution is -2.29. The highest BCUT2D eigenvalue weighted by molar-refractivity contribution is 9.10. The van der Waals surface area contributed by atoms with Gasteiger partial charge in [0.25, 0.3) is 0 Å². The zero-order valence-electron chi connectivity index (χ0n) is 13.9. The maximum atomic E-state index is 13.8. The fraction of sp³-hybridized carbons (Fsp3) is 0.316. The summed E-state index contributed by atoms with van der Waals surface area (Å²) in [6, 6.07) is 13.4. The van der Waals surface area contributed by atoms with Gasteiger partial charge in [0.15, 0.2) is 5.11 Å². The molecule has 2 aromatic carbocycles. The van der Waals surface area contributed by atoms with Crippen molar-refractivity contribution < 1.29 is 4.39 Å². The van der Waals surface area contributed by atoms with E-state index in [-0.39, 0.29) is 5.82 Å². The smallest absolute Gasteiger partial charge is 0.171 e. The molecule has 25 heavy (non-hydrogen) atoms. The Bertz CT molecular complexity index is 730. The van der Waals surface area contributed by atoms with Crippen LogP contribution >= 0.6 is 28.1 Å². The Labute approximate surface area is 161 Å². The fourth-order valence-electron chi connectivity index (χ4n) is 2.92. The van der Waals surface area contributed by atoms with Crippen molar-refractivity contribution in [2.45, 2.75) is 25.8 Å². The van der Waals surface area contributed by atoms with Crippen LogP contribution in [-0.4, -0.2) is 18.2 Å². The van der Waals surface area contributed by atoms with Crippen molar-refractivity contribution in [1.82, 2.24) is 5.32 Å². The van der Waals surface area contributed by atoms with E-state index in [9.17, 15) is 4.39 Å². The standard InChI is InChI=1S/C19H21BrFN3S/c20-15-6-9-18(17(21)12-15)23-19(25)22-13-14-4-7-16(8-5-14)24-10-2-1-3-11-24/h4-9,12H,1-3,10-11,13H2,(H2,22,23,25). The van der Waals surface area contributed by atoms with Gasteiger partial charge in [0.2, 0.25) is 0 Å². The van der Waals surface area contributed by atoms with Crippen molar-refractivity contribution in [1.29, 1.82) is 0 Å². The van der Waals surface area contributed by atoms with E-state index in [0.717, 1.165) is 18.7 Å². The molecule has 3 nitrogen and oxygen atoms in total. The average molecular weight is 422 g/mol. The molecule has 0 aromatic heterocycles.